The smallest absolute Gasteiger partial charge is 0.241 e. The van der Waals surface area contributed by atoms with Gasteiger partial charge in [0.05, 0.1) is 10.5 Å². The van der Waals surface area contributed by atoms with E-state index in [1.54, 1.807) is 24.3 Å². The summed E-state index contributed by atoms with van der Waals surface area (Å²) in [5.41, 5.74) is -0.381. The van der Waals surface area contributed by atoms with Gasteiger partial charge in [0.15, 0.2) is 0 Å². The van der Waals surface area contributed by atoms with E-state index in [2.05, 4.69) is 20.7 Å². The van der Waals surface area contributed by atoms with Crippen molar-refractivity contribution in [2.45, 2.75) is 30.3 Å². The molecule has 1 fully saturated rings. The van der Waals surface area contributed by atoms with Crippen molar-refractivity contribution in [3.05, 3.63) is 28.7 Å². The van der Waals surface area contributed by atoms with Gasteiger partial charge in [-0.1, -0.05) is 12.1 Å². The van der Waals surface area contributed by atoms with Gasteiger partial charge in [0.25, 0.3) is 0 Å². The molecule has 4 nitrogen and oxygen atoms in total. The Hall–Kier alpha value is -0.430. The fourth-order valence-electron chi connectivity index (χ4n) is 1.96. The average molecular weight is 334 g/mol. The third-order valence-electron chi connectivity index (χ3n) is 3.06. The molecule has 2 rings (SSSR count). The molecular formula is C12H16BrNO3S. The van der Waals surface area contributed by atoms with Crippen LogP contribution in [0.4, 0.5) is 0 Å². The maximum atomic E-state index is 12.2. The van der Waals surface area contributed by atoms with E-state index in [0.29, 0.717) is 17.6 Å². The maximum Gasteiger partial charge on any atom is 0.241 e. The van der Waals surface area contributed by atoms with Gasteiger partial charge in [0, 0.05) is 17.6 Å². The highest BCUT2D eigenvalue weighted by Crippen LogP contribution is 2.26. The summed E-state index contributed by atoms with van der Waals surface area (Å²) in [6, 6.07) is 6.77. The lowest BCUT2D eigenvalue weighted by molar-refractivity contribution is 0.0250. The Labute approximate surface area is 116 Å². The summed E-state index contributed by atoms with van der Waals surface area (Å²) in [5, 5.41) is 0. The van der Waals surface area contributed by atoms with Gasteiger partial charge >= 0.3 is 0 Å². The number of hydrogen-bond donors (Lipinski definition) is 1. The van der Waals surface area contributed by atoms with Crippen molar-refractivity contribution in [3.8, 4) is 0 Å². The van der Waals surface area contributed by atoms with E-state index in [9.17, 15) is 8.42 Å². The van der Waals surface area contributed by atoms with Crippen LogP contribution in [0.1, 0.15) is 19.8 Å². The first-order valence-corrected chi connectivity index (χ1v) is 8.09. The molecule has 1 atom stereocenters. The first-order chi connectivity index (χ1) is 8.43. The molecule has 1 heterocycles. The Morgan fingerprint density at radius 2 is 2.17 bits per heavy atom. The van der Waals surface area contributed by atoms with Crippen LogP contribution in [0.15, 0.2) is 33.6 Å². The minimum Gasteiger partial charge on any atom is -0.374 e. The summed E-state index contributed by atoms with van der Waals surface area (Å²) < 4.78 is 33.1. The number of benzene rings is 1. The predicted molar refractivity (Wildman–Crippen MR) is 72.9 cm³/mol. The van der Waals surface area contributed by atoms with Crippen LogP contribution in [0, 0.1) is 0 Å². The molecular weight excluding hydrogens is 318 g/mol. The second kappa shape index (κ2) is 5.28. The SMILES string of the molecule is CC1(CNS(=O)(=O)c2ccccc2Br)CCCO1. The standard InChI is InChI=1S/C12H16BrNO3S/c1-12(7-4-8-17-12)9-14-18(15,16)11-6-3-2-5-10(11)13/h2-3,5-6,14H,4,7-9H2,1H3. The highest BCUT2D eigenvalue weighted by molar-refractivity contribution is 9.10. The quantitative estimate of drug-likeness (QED) is 0.919. The van der Waals surface area contributed by atoms with Gasteiger partial charge in [-0.3, -0.25) is 0 Å². The van der Waals surface area contributed by atoms with Crippen molar-refractivity contribution < 1.29 is 13.2 Å². The zero-order chi connectivity index (χ0) is 13.2. The van der Waals surface area contributed by atoms with Crippen LogP contribution in [0.25, 0.3) is 0 Å². The second-order valence-corrected chi connectivity index (χ2v) is 7.25. The molecule has 1 saturated heterocycles. The number of ether oxygens (including phenoxy) is 1. The maximum absolute atomic E-state index is 12.2. The van der Waals surface area contributed by atoms with Crippen LogP contribution >= 0.6 is 15.9 Å². The molecule has 0 aromatic heterocycles. The van der Waals surface area contributed by atoms with E-state index < -0.39 is 10.0 Å². The molecule has 6 heteroatoms. The van der Waals surface area contributed by atoms with Crippen LogP contribution in [0.2, 0.25) is 0 Å². The number of halogens is 1. The fraction of sp³-hybridized carbons (Fsp3) is 0.500. The van der Waals surface area contributed by atoms with Crippen molar-refractivity contribution >= 4 is 26.0 Å². The molecule has 1 aromatic rings. The third-order valence-corrected chi connectivity index (χ3v) is 5.48. The number of sulfonamides is 1. The molecule has 1 N–H and O–H groups in total. The lowest BCUT2D eigenvalue weighted by atomic mass is 10.0. The summed E-state index contributed by atoms with van der Waals surface area (Å²) in [7, 11) is -3.49. The van der Waals surface area contributed by atoms with E-state index in [1.807, 2.05) is 6.92 Å². The highest BCUT2D eigenvalue weighted by Gasteiger charge is 2.31. The third kappa shape index (κ3) is 3.12. The Morgan fingerprint density at radius 1 is 1.44 bits per heavy atom. The van der Waals surface area contributed by atoms with Gasteiger partial charge in [-0.05, 0) is 47.8 Å². The average Bonchev–Trinajstić information content (AvgIpc) is 2.75. The summed E-state index contributed by atoms with van der Waals surface area (Å²) >= 11 is 3.25. The van der Waals surface area contributed by atoms with Crippen LogP contribution in [-0.4, -0.2) is 27.2 Å². The molecule has 0 amide bonds. The Kier molecular flexibility index (Phi) is 4.11. The molecule has 1 aliphatic rings. The largest absolute Gasteiger partial charge is 0.374 e. The van der Waals surface area contributed by atoms with Crippen molar-refractivity contribution in [2.24, 2.45) is 0 Å². The second-order valence-electron chi connectivity index (χ2n) is 4.66. The lowest BCUT2D eigenvalue weighted by Crippen LogP contribution is -2.40. The van der Waals surface area contributed by atoms with Gasteiger partial charge < -0.3 is 4.74 Å². The summed E-state index contributed by atoms with van der Waals surface area (Å²) in [5.74, 6) is 0. The molecule has 100 valence electrons. The van der Waals surface area contributed by atoms with Crippen molar-refractivity contribution in [1.82, 2.24) is 4.72 Å². The first-order valence-electron chi connectivity index (χ1n) is 5.81. The van der Waals surface area contributed by atoms with Crippen molar-refractivity contribution in [1.29, 1.82) is 0 Å². The molecule has 1 unspecified atom stereocenters. The van der Waals surface area contributed by atoms with Gasteiger partial charge in [0.2, 0.25) is 10.0 Å². The molecule has 18 heavy (non-hydrogen) atoms. The Balaban J connectivity index is 2.11. The predicted octanol–water partition coefficient (Wildman–Crippen LogP) is 2.30. The normalized spacial score (nSPS) is 24.3. The van der Waals surface area contributed by atoms with Crippen LogP contribution in [0.3, 0.4) is 0 Å². The monoisotopic (exact) mass is 333 g/mol. The molecule has 0 spiro atoms. The van der Waals surface area contributed by atoms with E-state index in [-0.39, 0.29) is 10.5 Å². The minimum absolute atomic E-state index is 0.256. The number of hydrogen-bond acceptors (Lipinski definition) is 3. The molecule has 0 bridgehead atoms. The Morgan fingerprint density at radius 3 is 2.78 bits per heavy atom. The van der Waals surface area contributed by atoms with Gasteiger partial charge in [0.1, 0.15) is 0 Å². The van der Waals surface area contributed by atoms with E-state index in [1.165, 1.54) is 0 Å². The molecule has 0 radical (unpaired) electrons. The Bertz CT molecular complexity index is 524. The van der Waals surface area contributed by atoms with E-state index >= 15 is 0 Å². The summed E-state index contributed by atoms with van der Waals surface area (Å²) in [4.78, 5) is 0.256. The van der Waals surface area contributed by atoms with Crippen molar-refractivity contribution in [3.63, 3.8) is 0 Å². The van der Waals surface area contributed by atoms with Crippen molar-refractivity contribution in [2.75, 3.05) is 13.2 Å². The zero-order valence-corrected chi connectivity index (χ0v) is 12.6. The van der Waals surface area contributed by atoms with E-state index in [4.69, 9.17) is 4.74 Å². The first kappa shape index (κ1) is 14.0. The molecule has 1 aromatic carbocycles. The van der Waals surface area contributed by atoms with Crippen LogP contribution < -0.4 is 4.72 Å². The molecule has 0 saturated carbocycles. The van der Waals surface area contributed by atoms with Gasteiger partial charge in [-0.15, -0.1) is 0 Å². The van der Waals surface area contributed by atoms with E-state index in [0.717, 1.165) is 12.8 Å². The fourth-order valence-corrected chi connectivity index (χ4v) is 4.12. The van der Waals surface area contributed by atoms with Crippen LogP contribution in [0.5, 0.6) is 0 Å². The molecule has 1 aliphatic heterocycles. The van der Waals surface area contributed by atoms with Gasteiger partial charge in [-0.25, -0.2) is 13.1 Å². The minimum atomic E-state index is -3.49. The topological polar surface area (TPSA) is 55.4 Å². The number of nitrogens with one attached hydrogen (secondary N) is 1. The number of rotatable bonds is 4. The van der Waals surface area contributed by atoms with Crippen LogP contribution in [-0.2, 0) is 14.8 Å². The summed E-state index contributed by atoms with van der Waals surface area (Å²) in [6.07, 6.45) is 1.86. The zero-order valence-electron chi connectivity index (χ0n) is 10.1. The highest BCUT2D eigenvalue weighted by atomic mass is 79.9. The van der Waals surface area contributed by atoms with Gasteiger partial charge in [-0.2, -0.15) is 0 Å². The molecule has 0 aliphatic carbocycles. The lowest BCUT2D eigenvalue weighted by Gasteiger charge is -2.23. The summed E-state index contributed by atoms with van der Waals surface area (Å²) in [6.45, 7) is 2.94.